The number of hydrogen-bond donors (Lipinski definition) is 1. The predicted molar refractivity (Wildman–Crippen MR) is 55.8 cm³/mol. The molecule has 2 saturated heterocycles. The number of rotatable bonds is 1. The summed E-state index contributed by atoms with van der Waals surface area (Å²) in [6.07, 6.45) is 4.18. The number of nitrogens with zero attached hydrogens (tertiary/aromatic N) is 1. The summed E-state index contributed by atoms with van der Waals surface area (Å²) >= 11 is 0. The molecular weight excluding hydrogens is 160 g/mol. The Labute approximate surface area is 81.7 Å². The van der Waals surface area contributed by atoms with Gasteiger partial charge in [-0.2, -0.15) is 0 Å². The Morgan fingerprint density at radius 1 is 1.15 bits per heavy atom. The zero-order chi connectivity index (χ0) is 9.26. The van der Waals surface area contributed by atoms with E-state index in [0.717, 1.165) is 12.0 Å². The van der Waals surface area contributed by atoms with Crippen molar-refractivity contribution < 1.29 is 0 Å². The second kappa shape index (κ2) is 3.97. The molecule has 0 aromatic heterocycles. The van der Waals surface area contributed by atoms with E-state index < -0.39 is 0 Å². The van der Waals surface area contributed by atoms with Crippen molar-refractivity contribution in [3.63, 3.8) is 0 Å². The molecule has 2 heterocycles. The Kier molecular flexibility index (Phi) is 2.89. The smallest absolute Gasteiger partial charge is 0.0272 e. The van der Waals surface area contributed by atoms with Crippen LogP contribution in [-0.4, -0.2) is 36.6 Å². The van der Waals surface area contributed by atoms with Gasteiger partial charge in [-0.15, -0.1) is 0 Å². The lowest BCUT2D eigenvalue weighted by molar-refractivity contribution is 0.114. The summed E-state index contributed by atoms with van der Waals surface area (Å²) in [5, 5.41) is 3.60. The fourth-order valence-electron chi connectivity index (χ4n) is 3.04. The van der Waals surface area contributed by atoms with Gasteiger partial charge in [0.1, 0.15) is 0 Å². The van der Waals surface area contributed by atoms with Crippen LogP contribution in [0.5, 0.6) is 0 Å². The van der Waals surface area contributed by atoms with E-state index in [2.05, 4.69) is 24.1 Å². The van der Waals surface area contributed by atoms with Gasteiger partial charge < -0.3 is 5.32 Å². The van der Waals surface area contributed by atoms with Gasteiger partial charge in [0.2, 0.25) is 0 Å². The van der Waals surface area contributed by atoms with Crippen LogP contribution >= 0.6 is 0 Å². The van der Waals surface area contributed by atoms with E-state index in [1.165, 1.54) is 38.9 Å². The van der Waals surface area contributed by atoms with Crippen LogP contribution in [0.4, 0.5) is 0 Å². The number of hydrogen-bond acceptors (Lipinski definition) is 2. The molecule has 0 amide bonds. The highest BCUT2D eigenvalue weighted by Gasteiger charge is 2.33. The largest absolute Gasteiger partial charge is 0.313 e. The standard InChI is InChI=1S/C11H22N2/c1-9-5-6-12-10(2)11(9)13-7-3-4-8-13/h9-12H,3-8H2,1-2H3. The SMILES string of the molecule is CC1CCNC(C)C1N1CCCC1. The highest BCUT2D eigenvalue weighted by molar-refractivity contribution is 4.91. The fourth-order valence-corrected chi connectivity index (χ4v) is 3.04. The molecule has 2 nitrogen and oxygen atoms in total. The molecule has 2 fully saturated rings. The molecule has 2 heteroatoms. The van der Waals surface area contributed by atoms with Crippen molar-refractivity contribution in [1.29, 1.82) is 0 Å². The molecule has 0 spiro atoms. The molecule has 0 radical (unpaired) electrons. The molecule has 0 aromatic rings. The first-order valence-corrected chi connectivity index (χ1v) is 5.76. The summed E-state index contributed by atoms with van der Waals surface area (Å²) in [5.74, 6) is 0.884. The van der Waals surface area contributed by atoms with Crippen molar-refractivity contribution in [2.24, 2.45) is 5.92 Å². The van der Waals surface area contributed by atoms with Crippen LogP contribution < -0.4 is 5.32 Å². The van der Waals surface area contributed by atoms with Crippen LogP contribution in [0.25, 0.3) is 0 Å². The maximum Gasteiger partial charge on any atom is 0.0272 e. The van der Waals surface area contributed by atoms with Crippen LogP contribution in [0.15, 0.2) is 0 Å². The summed E-state index contributed by atoms with van der Waals surface area (Å²) < 4.78 is 0. The van der Waals surface area contributed by atoms with Gasteiger partial charge in [-0.05, 0) is 51.7 Å². The van der Waals surface area contributed by atoms with Gasteiger partial charge in [-0.3, -0.25) is 4.90 Å². The van der Waals surface area contributed by atoms with Crippen molar-refractivity contribution in [2.75, 3.05) is 19.6 Å². The van der Waals surface area contributed by atoms with E-state index in [1.807, 2.05) is 0 Å². The average molecular weight is 182 g/mol. The van der Waals surface area contributed by atoms with Gasteiger partial charge in [0.05, 0.1) is 0 Å². The zero-order valence-electron chi connectivity index (χ0n) is 8.92. The van der Waals surface area contributed by atoms with Crippen molar-refractivity contribution >= 4 is 0 Å². The molecule has 13 heavy (non-hydrogen) atoms. The van der Waals surface area contributed by atoms with Crippen LogP contribution in [0.1, 0.15) is 33.1 Å². The summed E-state index contributed by atoms with van der Waals surface area (Å²) in [4.78, 5) is 2.70. The molecule has 0 saturated carbocycles. The van der Waals surface area contributed by atoms with Gasteiger partial charge >= 0.3 is 0 Å². The molecule has 0 aliphatic carbocycles. The van der Waals surface area contributed by atoms with E-state index in [0.29, 0.717) is 6.04 Å². The maximum atomic E-state index is 3.60. The summed E-state index contributed by atoms with van der Waals surface area (Å²) in [7, 11) is 0. The van der Waals surface area contributed by atoms with Crippen LogP contribution in [0.2, 0.25) is 0 Å². The van der Waals surface area contributed by atoms with E-state index in [-0.39, 0.29) is 0 Å². The van der Waals surface area contributed by atoms with Gasteiger partial charge in [0.15, 0.2) is 0 Å². The first-order chi connectivity index (χ1) is 6.29. The number of likely N-dealkylation sites (tertiary alicyclic amines) is 1. The lowest BCUT2D eigenvalue weighted by Crippen LogP contribution is -2.55. The predicted octanol–water partition coefficient (Wildman–Crippen LogP) is 1.47. The first kappa shape index (κ1) is 9.47. The number of nitrogens with one attached hydrogen (secondary N) is 1. The fraction of sp³-hybridized carbons (Fsp3) is 1.00. The lowest BCUT2D eigenvalue weighted by atomic mass is 9.88. The van der Waals surface area contributed by atoms with E-state index in [4.69, 9.17) is 0 Å². The molecule has 76 valence electrons. The van der Waals surface area contributed by atoms with E-state index in [1.54, 1.807) is 0 Å². The van der Waals surface area contributed by atoms with Crippen molar-refractivity contribution in [2.45, 2.75) is 45.2 Å². The molecule has 0 bridgehead atoms. The van der Waals surface area contributed by atoms with Crippen molar-refractivity contribution in [1.82, 2.24) is 10.2 Å². The second-order valence-electron chi connectivity index (χ2n) is 4.74. The van der Waals surface area contributed by atoms with Gasteiger partial charge in [0.25, 0.3) is 0 Å². The Balaban J connectivity index is 2.00. The Morgan fingerprint density at radius 2 is 1.85 bits per heavy atom. The molecule has 3 atom stereocenters. The van der Waals surface area contributed by atoms with Crippen LogP contribution in [0, 0.1) is 5.92 Å². The summed E-state index contributed by atoms with van der Waals surface area (Å²) in [5.41, 5.74) is 0. The molecule has 1 N–H and O–H groups in total. The zero-order valence-corrected chi connectivity index (χ0v) is 8.92. The van der Waals surface area contributed by atoms with Crippen LogP contribution in [0.3, 0.4) is 0 Å². The minimum Gasteiger partial charge on any atom is -0.313 e. The topological polar surface area (TPSA) is 15.3 Å². The third-order valence-electron chi connectivity index (χ3n) is 3.72. The van der Waals surface area contributed by atoms with E-state index >= 15 is 0 Å². The Bertz CT molecular complexity index is 153. The lowest BCUT2D eigenvalue weighted by Gasteiger charge is -2.41. The maximum absolute atomic E-state index is 3.60. The first-order valence-electron chi connectivity index (χ1n) is 5.76. The third kappa shape index (κ3) is 1.89. The normalized spacial score (nSPS) is 42.5. The highest BCUT2D eigenvalue weighted by Crippen LogP contribution is 2.25. The Hall–Kier alpha value is -0.0800. The average Bonchev–Trinajstić information content (AvgIpc) is 2.57. The monoisotopic (exact) mass is 182 g/mol. The summed E-state index contributed by atoms with van der Waals surface area (Å²) in [6.45, 7) is 8.65. The minimum absolute atomic E-state index is 0.696. The highest BCUT2D eigenvalue weighted by atomic mass is 15.2. The minimum atomic E-state index is 0.696. The van der Waals surface area contributed by atoms with Gasteiger partial charge in [0, 0.05) is 12.1 Å². The van der Waals surface area contributed by atoms with Crippen molar-refractivity contribution in [3.8, 4) is 0 Å². The molecule has 2 rings (SSSR count). The molecule has 2 aliphatic rings. The van der Waals surface area contributed by atoms with Crippen LogP contribution in [-0.2, 0) is 0 Å². The molecule has 2 aliphatic heterocycles. The second-order valence-corrected chi connectivity index (χ2v) is 4.74. The Morgan fingerprint density at radius 3 is 2.46 bits per heavy atom. The molecule has 0 aromatic carbocycles. The third-order valence-corrected chi connectivity index (χ3v) is 3.72. The quantitative estimate of drug-likeness (QED) is 0.660. The van der Waals surface area contributed by atoms with Gasteiger partial charge in [-0.1, -0.05) is 6.92 Å². The molecular formula is C11H22N2. The van der Waals surface area contributed by atoms with Gasteiger partial charge in [-0.25, -0.2) is 0 Å². The summed E-state index contributed by atoms with van der Waals surface area (Å²) in [6, 6.07) is 1.50. The van der Waals surface area contributed by atoms with Crippen molar-refractivity contribution in [3.05, 3.63) is 0 Å². The molecule has 3 unspecified atom stereocenters. The van der Waals surface area contributed by atoms with E-state index in [9.17, 15) is 0 Å². The number of piperidine rings is 1.